The van der Waals surface area contributed by atoms with Crippen LogP contribution in [0.3, 0.4) is 0 Å². The fourth-order valence-electron chi connectivity index (χ4n) is 3.41. The van der Waals surface area contributed by atoms with Gasteiger partial charge in [0.1, 0.15) is 0 Å². The van der Waals surface area contributed by atoms with Crippen LogP contribution >= 0.6 is 0 Å². The zero-order valence-electron chi connectivity index (χ0n) is 14.8. The molecule has 1 saturated heterocycles. The molecule has 1 fully saturated rings. The van der Waals surface area contributed by atoms with Gasteiger partial charge in [-0.05, 0) is 31.2 Å². The number of amides is 2. The summed E-state index contributed by atoms with van der Waals surface area (Å²) in [7, 11) is 0. The summed E-state index contributed by atoms with van der Waals surface area (Å²) < 4.78 is 1.97. The first-order valence-electron chi connectivity index (χ1n) is 9.22. The molecule has 2 aliphatic heterocycles. The van der Waals surface area contributed by atoms with Gasteiger partial charge in [0.15, 0.2) is 5.69 Å². The molecule has 1 unspecified atom stereocenters. The van der Waals surface area contributed by atoms with Crippen LogP contribution < -0.4 is 0 Å². The van der Waals surface area contributed by atoms with E-state index in [1.54, 1.807) is 0 Å². The van der Waals surface area contributed by atoms with Crippen LogP contribution in [0.1, 0.15) is 55.7 Å². The van der Waals surface area contributed by atoms with Gasteiger partial charge in [0.05, 0.1) is 0 Å². The van der Waals surface area contributed by atoms with Crippen molar-refractivity contribution in [1.82, 2.24) is 19.6 Å². The number of fused-ring (bicyclic) bond motifs is 1. The third-order valence-corrected chi connectivity index (χ3v) is 5.27. The molecule has 3 rings (SSSR count). The summed E-state index contributed by atoms with van der Waals surface area (Å²) in [6, 6.07) is 1.95. The molecule has 0 aromatic carbocycles. The molecule has 6 heteroatoms. The molecule has 0 aliphatic carbocycles. The van der Waals surface area contributed by atoms with Gasteiger partial charge in [-0.3, -0.25) is 14.3 Å². The van der Waals surface area contributed by atoms with Crippen molar-refractivity contribution in [3.05, 3.63) is 17.5 Å². The zero-order valence-corrected chi connectivity index (χ0v) is 14.8. The highest BCUT2D eigenvalue weighted by Crippen LogP contribution is 2.17. The first-order chi connectivity index (χ1) is 11.6. The predicted octanol–water partition coefficient (Wildman–Crippen LogP) is 1.94. The number of rotatable bonds is 4. The summed E-state index contributed by atoms with van der Waals surface area (Å²) in [6.07, 6.45) is 4.96. The maximum absolute atomic E-state index is 12.7. The summed E-state index contributed by atoms with van der Waals surface area (Å²) >= 11 is 0. The van der Waals surface area contributed by atoms with E-state index in [-0.39, 0.29) is 11.8 Å². The largest absolute Gasteiger partial charge is 0.339 e. The molecule has 6 nitrogen and oxygen atoms in total. The van der Waals surface area contributed by atoms with Crippen LogP contribution in [0.25, 0.3) is 0 Å². The Balaban J connectivity index is 1.55. The molecule has 1 aromatic heterocycles. The quantitative estimate of drug-likeness (QED) is 0.847. The van der Waals surface area contributed by atoms with Gasteiger partial charge in [0.25, 0.3) is 5.91 Å². The third-order valence-electron chi connectivity index (χ3n) is 5.27. The number of nitrogens with zero attached hydrogens (tertiary/aromatic N) is 4. The van der Waals surface area contributed by atoms with Gasteiger partial charge in [-0.25, -0.2) is 0 Å². The van der Waals surface area contributed by atoms with Crippen molar-refractivity contribution < 1.29 is 9.59 Å². The van der Waals surface area contributed by atoms with Crippen LogP contribution in [0.5, 0.6) is 0 Å². The zero-order chi connectivity index (χ0) is 17.1. The maximum atomic E-state index is 12.7. The molecule has 3 heterocycles. The maximum Gasteiger partial charge on any atom is 0.274 e. The molecule has 0 saturated carbocycles. The Morgan fingerprint density at radius 3 is 2.50 bits per heavy atom. The van der Waals surface area contributed by atoms with Gasteiger partial charge in [-0.15, -0.1) is 0 Å². The van der Waals surface area contributed by atoms with E-state index in [9.17, 15) is 9.59 Å². The molecular formula is C18H28N4O2. The highest BCUT2D eigenvalue weighted by Gasteiger charge is 2.27. The van der Waals surface area contributed by atoms with Crippen LogP contribution in [-0.4, -0.2) is 57.6 Å². The van der Waals surface area contributed by atoms with Crippen molar-refractivity contribution in [2.75, 3.05) is 26.2 Å². The molecule has 1 aromatic rings. The fourth-order valence-corrected chi connectivity index (χ4v) is 3.41. The van der Waals surface area contributed by atoms with Crippen LogP contribution in [-0.2, 0) is 17.8 Å². The van der Waals surface area contributed by atoms with Crippen molar-refractivity contribution >= 4 is 11.8 Å². The van der Waals surface area contributed by atoms with E-state index < -0.39 is 0 Å². The smallest absolute Gasteiger partial charge is 0.274 e. The summed E-state index contributed by atoms with van der Waals surface area (Å²) in [4.78, 5) is 28.6. The van der Waals surface area contributed by atoms with Crippen molar-refractivity contribution in [2.45, 2.75) is 52.5 Å². The van der Waals surface area contributed by atoms with E-state index in [4.69, 9.17) is 0 Å². The minimum Gasteiger partial charge on any atom is -0.339 e. The number of carbonyl (C=O) groups is 2. The Labute approximate surface area is 143 Å². The standard InChI is InChI=1S/C18H28N4O2/c1-3-14(2)12-17(23)20-8-10-21(11-9-20)18(24)16-13-15-6-4-5-7-22(15)19-16/h13-14H,3-12H2,1-2H3. The second kappa shape index (κ2) is 7.36. The number of piperazine rings is 1. The molecule has 0 spiro atoms. The van der Waals surface area contributed by atoms with E-state index in [1.807, 2.05) is 20.5 Å². The van der Waals surface area contributed by atoms with Crippen molar-refractivity contribution in [1.29, 1.82) is 0 Å². The molecule has 132 valence electrons. The number of aryl methyl sites for hydroxylation is 2. The van der Waals surface area contributed by atoms with Crippen LogP contribution in [0, 0.1) is 5.92 Å². The Bertz CT molecular complexity index is 579. The minimum absolute atomic E-state index is 0.00549. The van der Waals surface area contributed by atoms with Gasteiger partial charge in [-0.2, -0.15) is 5.10 Å². The molecule has 2 amide bonds. The topological polar surface area (TPSA) is 58.4 Å². The Hall–Kier alpha value is -1.85. The first kappa shape index (κ1) is 17.0. The van der Waals surface area contributed by atoms with Crippen molar-refractivity contribution in [3.8, 4) is 0 Å². The lowest BCUT2D eigenvalue weighted by atomic mass is 10.0. The highest BCUT2D eigenvalue weighted by atomic mass is 16.2. The van der Waals surface area contributed by atoms with Crippen molar-refractivity contribution in [2.24, 2.45) is 5.92 Å². The summed E-state index contributed by atoms with van der Waals surface area (Å²) in [6.45, 7) is 7.61. The third kappa shape index (κ3) is 3.62. The molecule has 0 radical (unpaired) electrons. The Kier molecular flexibility index (Phi) is 5.21. The predicted molar refractivity (Wildman–Crippen MR) is 91.7 cm³/mol. The van der Waals surface area contributed by atoms with Gasteiger partial charge < -0.3 is 9.80 Å². The lowest BCUT2D eigenvalue weighted by molar-refractivity contribution is -0.133. The molecule has 0 bridgehead atoms. The SMILES string of the molecule is CCC(C)CC(=O)N1CCN(C(=O)c2cc3n(n2)CCCC3)CC1. The second-order valence-corrected chi connectivity index (χ2v) is 7.09. The normalized spacial score (nSPS) is 19.1. The van der Waals surface area contributed by atoms with E-state index >= 15 is 0 Å². The number of aromatic nitrogens is 2. The van der Waals surface area contributed by atoms with E-state index in [0.717, 1.165) is 25.8 Å². The van der Waals surface area contributed by atoms with Gasteiger partial charge >= 0.3 is 0 Å². The number of carbonyl (C=O) groups excluding carboxylic acids is 2. The van der Waals surface area contributed by atoms with Crippen LogP contribution in [0.2, 0.25) is 0 Å². The van der Waals surface area contributed by atoms with Gasteiger partial charge in [0.2, 0.25) is 5.91 Å². The second-order valence-electron chi connectivity index (χ2n) is 7.09. The Morgan fingerprint density at radius 2 is 1.83 bits per heavy atom. The molecule has 1 atom stereocenters. The highest BCUT2D eigenvalue weighted by molar-refractivity contribution is 5.92. The van der Waals surface area contributed by atoms with E-state index in [1.165, 1.54) is 12.1 Å². The summed E-state index contributed by atoms with van der Waals surface area (Å²) in [5, 5.41) is 4.48. The first-order valence-corrected chi connectivity index (χ1v) is 9.22. The molecule has 2 aliphatic rings. The average molecular weight is 332 g/mol. The monoisotopic (exact) mass is 332 g/mol. The summed E-state index contributed by atoms with van der Waals surface area (Å²) in [5.41, 5.74) is 1.73. The number of hydrogen-bond donors (Lipinski definition) is 0. The van der Waals surface area contributed by atoms with Gasteiger partial charge in [0, 0.05) is 44.8 Å². The fraction of sp³-hybridized carbons (Fsp3) is 0.722. The van der Waals surface area contributed by atoms with Crippen LogP contribution in [0.4, 0.5) is 0 Å². The number of hydrogen-bond acceptors (Lipinski definition) is 3. The lowest BCUT2D eigenvalue weighted by Crippen LogP contribution is -2.50. The lowest BCUT2D eigenvalue weighted by Gasteiger charge is -2.34. The molecule has 0 N–H and O–H groups in total. The van der Waals surface area contributed by atoms with Crippen molar-refractivity contribution in [3.63, 3.8) is 0 Å². The van der Waals surface area contributed by atoms with E-state index in [0.29, 0.717) is 44.2 Å². The summed E-state index contributed by atoms with van der Waals surface area (Å²) in [5.74, 6) is 0.647. The Morgan fingerprint density at radius 1 is 1.12 bits per heavy atom. The van der Waals surface area contributed by atoms with Gasteiger partial charge in [-0.1, -0.05) is 20.3 Å². The average Bonchev–Trinajstić information content (AvgIpc) is 3.05. The molecular weight excluding hydrogens is 304 g/mol. The minimum atomic E-state index is 0.00549. The molecule has 24 heavy (non-hydrogen) atoms. The van der Waals surface area contributed by atoms with E-state index in [2.05, 4.69) is 18.9 Å². The van der Waals surface area contributed by atoms with Crippen LogP contribution in [0.15, 0.2) is 6.07 Å².